The molecule has 158 valence electrons. The van der Waals surface area contributed by atoms with E-state index in [2.05, 4.69) is 52.5 Å². The van der Waals surface area contributed by atoms with Crippen LogP contribution in [0.5, 0.6) is 5.75 Å². The fourth-order valence-electron chi connectivity index (χ4n) is 4.03. The largest absolute Gasteiger partial charge is 0.496 e. The summed E-state index contributed by atoms with van der Waals surface area (Å²) in [6.45, 7) is 5.51. The number of hydrogen-bond acceptors (Lipinski definition) is 4. The van der Waals surface area contributed by atoms with E-state index in [0.29, 0.717) is 5.25 Å². The number of halogens is 1. The van der Waals surface area contributed by atoms with Crippen LogP contribution in [0.4, 0.5) is 0 Å². The number of methoxy groups -OCH3 is 1. The predicted molar refractivity (Wildman–Crippen MR) is 130 cm³/mol. The molecule has 2 aliphatic rings. The van der Waals surface area contributed by atoms with Crippen LogP contribution in [0.25, 0.3) is 0 Å². The van der Waals surface area contributed by atoms with Gasteiger partial charge < -0.3 is 20.1 Å². The van der Waals surface area contributed by atoms with Gasteiger partial charge >= 0.3 is 0 Å². The predicted octanol–water partition coefficient (Wildman–Crippen LogP) is 3.73. The van der Waals surface area contributed by atoms with Gasteiger partial charge in [-0.1, -0.05) is 17.7 Å². The molecule has 1 atom stereocenters. The minimum Gasteiger partial charge on any atom is -0.496 e. The first-order valence-electron chi connectivity index (χ1n) is 9.96. The minimum atomic E-state index is -0.00462. The van der Waals surface area contributed by atoms with Gasteiger partial charge in [-0.3, -0.25) is 4.99 Å². The molecule has 0 bridgehead atoms. The lowest BCUT2D eigenvalue weighted by atomic mass is 9.73. The first kappa shape index (κ1) is 23.6. The first-order valence-corrected chi connectivity index (χ1v) is 11.0. The van der Waals surface area contributed by atoms with Gasteiger partial charge in [-0.15, -0.1) is 24.0 Å². The molecule has 1 aromatic rings. The summed E-state index contributed by atoms with van der Waals surface area (Å²) in [5.41, 5.74) is 2.54. The van der Waals surface area contributed by atoms with Gasteiger partial charge in [0.25, 0.3) is 0 Å². The van der Waals surface area contributed by atoms with Crippen molar-refractivity contribution in [2.45, 2.75) is 43.3 Å². The third-order valence-electron chi connectivity index (χ3n) is 5.72. The maximum absolute atomic E-state index is 5.71. The summed E-state index contributed by atoms with van der Waals surface area (Å²) in [6, 6.07) is 6.48. The van der Waals surface area contributed by atoms with Crippen molar-refractivity contribution in [3.8, 4) is 5.75 Å². The van der Waals surface area contributed by atoms with Crippen molar-refractivity contribution < 1.29 is 9.47 Å². The molecule has 0 aliphatic carbocycles. The number of rotatable bonds is 6. The molecule has 0 aromatic heterocycles. The molecule has 2 aliphatic heterocycles. The maximum Gasteiger partial charge on any atom is 0.191 e. The molecule has 1 unspecified atom stereocenters. The van der Waals surface area contributed by atoms with Crippen LogP contribution in [0.15, 0.2) is 23.2 Å². The van der Waals surface area contributed by atoms with Crippen LogP contribution in [-0.2, 0) is 10.2 Å². The molecular weight excluding hydrogens is 485 g/mol. The van der Waals surface area contributed by atoms with Gasteiger partial charge in [-0.25, -0.2) is 0 Å². The Labute approximate surface area is 190 Å². The van der Waals surface area contributed by atoms with E-state index in [-0.39, 0.29) is 29.4 Å². The van der Waals surface area contributed by atoms with Crippen molar-refractivity contribution in [3.05, 3.63) is 29.3 Å². The van der Waals surface area contributed by atoms with E-state index in [1.807, 2.05) is 7.05 Å². The molecule has 28 heavy (non-hydrogen) atoms. The van der Waals surface area contributed by atoms with Crippen LogP contribution in [0.2, 0.25) is 0 Å². The molecule has 0 radical (unpaired) electrons. The fourth-order valence-corrected chi connectivity index (χ4v) is 5.23. The van der Waals surface area contributed by atoms with E-state index < -0.39 is 0 Å². The Morgan fingerprint density at radius 3 is 2.75 bits per heavy atom. The summed E-state index contributed by atoms with van der Waals surface area (Å²) in [5, 5.41) is 7.81. The average Bonchev–Trinajstić information content (AvgIpc) is 3.22. The third-order valence-corrected chi connectivity index (χ3v) is 7.11. The van der Waals surface area contributed by atoms with E-state index >= 15 is 0 Å². The highest BCUT2D eigenvalue weighted by Gasteiger charge is 2.37. The van der Waals surface area contributed by atoms with Crippen LogP contribution in [0.3, 0.4) is 0 Å². The standard InChI is InChI=1S/C21H33N3O2S.HI/c1-16-6-7-19(25-3)18(13-16)21(8-10-26-11-9-21)15-24-20(22-2)23-14-17-5-4-12-27-17;/h6-7,13,17H,4-5,8-12,14-15H2,1-3H3,(H2,22,23,24);1H. The summed E-state index contributed by atoms with van der Waals surface area (Å²) >= 11 is 2.07. The average molecular weight is 519 g/mol. The van der Waals surface area contributed by atoms with Crippen LogP contribution >= 0.6 is 35.7 Å². The van der Waals surface area contributed by atoms with Crippen LogP contribution in [-0.4, -0.2) is 57.4 Å². The Balaban J connectivity index is 0.00000280. The van der Waals surface area contributed by atoms with Crippen molar-refractivity contribution >= 4 is 41.7 Å². The number of thioether (sulfide) groups is 1. The highest BCUT2D eigenvalue weighted by molar-refractivity contribution is 14.0. The molecule has 3 rings (SSSR count). The molecule has 5 nitrogen and oxygen atoms in total. The number of ether oxygens (including phenoxy) is 2. The highest BCUT2D eigenvalue weighted by Crippen LogP contribution is 2.40. The summed E-state index contributed by atoms with van der Waals surface area (Å²) < 4.78 is 11.4. The van der Waals surface area contributed by atoms with Gasteiger partial charge in [0.2, 0.25) is 0 Å². The molecule has 2 saturated heterocycles. The maximum atomic E-state index is 5.71. The smallest absolute Gasteiger partial charge is 0.191 e. The van der Waals surface area contributed by atoms with E-state index in [1.165, 1.54) is 29.7 Å². The number of nitrogens with one attached hydrogen (secondary N) is 2. The molecule has 2 N–H and O–H groups in total. The SMILES string of the molecule is CN=C(NCC1CCCS1)NCC1(c2cc(C)ccc2OC)CCOCC1.I. The number of benzene rings is 1. The Kier molecular flexibility index (Phi) is 9.69. The number of aryl methyl sites for hydroxylation is 1. The van der Waals surface area contributed by atoms with Crippen molar-refractivity contribution in [2.24, 2.45) is 4.99 Å². The molecule has 0 spiro atoms. The van der Waals surface area contributed by atoms with E-state index in [0.717, 1.165) is 50.9 Å². The normalized spacial score (nSPS) is 21.7. The van der Waals surface area contributed by atoms with E-state index in [9.17, 15) is 0 Å². The Morgan fingerprint density at radius 2 is 2.11 bits per heavy atom. The summed E-state index contributed by atoms with van der Waals surface area (Å²) in [6.07, 6.45) is 4.60. The monoisotopic (exact) mass is 519 g/mol. The van der Waals surface area contributed by atoms with Crippen molar-refractivity contribution in [3.63, 3.8) is 0 Å². The van der Waals surface area contributed by atoms with Gasteiger partial charge in [-0.2, -0.15) is 11.8 Å². The van der Waals surface area contributed by atoms with Gasteiger partial charge in [0.1, 0.15) is 5.75 Å². The summed E-state index contributed by atoms with van der Waals surface area (Å²) in [7, 11) is 3.61. The zero-order valence-electron chi connectivity index (χ0n) is 17.3. The first-order chi connectivity index (χ1) is 13.2. The highest BCUT2D eigenvalue weighted by atomic mass is 127. The second kappa shape index (κ2) is 11.5. The van der Waals surface area contributed by atoms with E-state index in [1.54, 1.807) is 7.11 Å². The number of nitrogens with zero attached hydrogens (tertiary/aromatic N) is 1. The quantitative estimate of drug-likeness (QED) is 0.341. The number of hydrogen-bond donors (Lipinski definition) is 2. The molecular formula is C21H34IN3O2S. The van der Waals surface area contributed by atoms with E-state index in [4.69, 9.17) is 9.47 Å². The lowest BCUT2D eigenvalue weighted by Gasteiger charge is -2.39. The molecule has 0 amide bonds. The Morgan fingerprint density at radius 1 is 1.32 bits per heavy atom. The Hall–Kier alpha value is -0.670. The summed E-state index contributed by atoms with van der Waals surface area (Å²) in [5.74, 6) is 3.14. The summed E-state index contributed by atoms with van der Waals surface area (Å²) in [4.78, 5) is 4.44. The molecule has 1 aromatic carbocycles. The van der Waals surface area contributed by atoms with Crippen molar-refractivity contribution in [1.82, 2.24) is 10.6 Å². The van der Waals surface area contributed by atoms with Crippen LogP contribution < -0.4 is 15.4 Å². The van der Waals surface area contributed by atoms with Crippen molar-refractivity contribution in [1.29, 1.82) is 0 Å². The number of aliphatic imine (C=N–C) groups is 1. The topological polar surface area (TPSA) is 54.9 Å². The second-order valence-corrected chi connectivity index (χ2v) is 8.95. The van der Waals surface area contributed by atoms with Gasteiger partial charge in [0, 0.05) is 49.6 Å². The fraction of sp³-hybridized carbons (Fsp3) is 0.667. The number of guanidine groups is 1. The molecule has 7 heteroatoms. The zero-order valence-corrected chi connectivity index (χ0v) is 20.4. The van der Waals surface area contributed by atoms with Crippen LogP contribution in [0.1, 0.15) is 36.8 Å². The zero-order chi connectivity index (χ0) is 19.1. The lowest BCUT2D eigenvalue weighted by molar-refractivity contribution is 0.0505. The molecule has 2 heterocycles. The lowest BCUT2D eigenvalue weighted by Crippen LogP contribution is -2.49. The van der Waals surface area contributed by atoms with Crippen LogP contribution in [0, 0.1) is 6.92 Å². The third kappa shape index (κ3) is 5.92. The van der Waals surface area contributed by atoms with Gasteiger partial charge in [-0.05, 0) is 44.4 Å². The molecule has 0 saturated carbocycles. The minimum absolute atomic E-state index is 0. The Bertz CT molecular complexity index is 645. The van der Waals surface area contributed by atoms with Crippen molar-refractivity contribution in [2.75, 3.05) is 46.2 Å². The van der Waals surface area contributed by atoms with Gasteiger partial charge in [0.15, 0.2) is 5.96 Å². The second-order valence-electron chi connectivity index (χ2n) is 7.54. The molecule has 2 fully saturated rings. The van der Waals surface area contributed by atoms with Gasteiger partial charge in [0.05, 0.1) is 7.11 Å².